The van der Waals surface area contributed by atoms with Gasteiger partial charge in [0.1, 0.15) is 5.82 Å². The Hall–Kier alpha value is -4.27. The predicted molar refractivity (Wildman–Crippen MR) is 159 cm³/mol. The van der Waals surface area contributed by atoms with Crippen LogP contribution in [0, 0.1) is 5.82 Å². The van der Waals surface area contributed by atoms with Crippen molar-refractivity contribution in [3.63, 3.8) is 0 Å². The van der Waals surface area contributed by atoms with E-state index in [4.69, 9.17) is 16.3 Å². The summed E-state index contributed by atoms with van der Waals surface area (Å²) >= 11 is 7.47. The summed E-state index contributed by atoms with van der Waals surface area (Å²) in [4.78, 5) is 32.1. The molecule has 3 heterocycles. The number of nitrogens with zero attached hydrogens (tertiary/aromatic N) is 3. The van der Waals surface area contributed by atoms with E-state index in [1.54, 1.807) is 26.0 Å². The van der Waals surface area contributed by atoms with Gasteiger partial charge >= 0.3 is 5.97 Å². The average molecular weight is 586 g/mol. The molecule has 3 aromatic carbocycles. The molecule has 0 fully saturated rings. The van der Waals surface area contributed by atoms with Crippen LogP contribution in [0.1, 0.15) is 36.6 Å². The quantitative estimate of drug-likeness (QED) is 0.244. The van der Waals surface area contributed by atoms with Gasteiger partial charge in [-0.1, -0.05) is 65.4 Å². The number of carbonyl (C=O) groups excluding carboxylic acids is 1. The van der Waals surface area contributed by atoms with Crippen molar-refractivity contribution in [2.45, 2.75) is 26.4 Å². The summed E-state index contributed by atoms with van der Waals surface area (Å²) in [5.41, 5.74) is 3.99. The fraction of sp³-hybridized carbons (Fsp3) is 0.156. The third kappa shape index (κ3) is 5.05. The molecule has 6 rings (SSSR count). The van der Waals surface area contributed by atoms with Gasteiger partial charge < -0.3 is 9.30 Å². The number of benzene rings is 3. The van der Waals surface area contributed by atoms with Gasteiger partial charge in [0.2, 0.25) is 0 Å². The van der Waals surface area contributed by atoms with Gasteiger partial charge in [0, 0.05) is 34.2 Å². The van der Waals surface area contributed by atoms with E-state index in [0.29, 0.717) is 32.2 Å². The summed E-state index contributed by atoms with van der Waals surface area (Å²) in [5, 5.41) is 1.67. The number of rotatable bonds is 6. The second kappa shape index (κ2) is 11.0. The molecule has 1 atom stereocenters. The van der Waals surface area contributed by atoms with Crippen LogP contribution in [-0.2, 0) is 16.1 Å². The van der Waals surface area contributed by atoms with Crippen molar-refractivity contribution in [1.29, 1.82) is 0 Å². The van der Waals surface area contributed by atoms with E-state index in [1.807, 2.05) is 60.8 Å². The number of fused-ring (bicyclic) bond motifs is 2. The number of hydrogen-bond acceptors (Lipinski definition) is 5. The van der Waals surface area contributed by atoms with Crippen molar-refractivity contribution in [3.8, 4) is 0 Å². The van der Waals surface area contributed by atoms with E-state index in [1.165, 1.54) is 28.0 Å². The molecule has 0 radical (unpaired) electrons. The Bertz CT molecular complexity index is 2020. The van der Waals surface area contributed by atoms with E-state index >= 15 is 0 Å². The van der Waals surface area contributed by atoms with Gasteiger partial charge in [0.15, 0.2) is 4.80 Å². The molecule has 9 heteroatoms. The zero-order chi connectivity index (χ0) is 28.7. The second-order valence-electron chi connectivity index (χ2n) is 9.71. The number of halogens is 2. The van der Waals surface area contributed by atoms with Crippen LogP contribution in [0.3, 0.4) is 0 Å². The van der Waals surface area contributed by atoms with E-state index in [2.05, 4.69) is 9.56 Å². The molecule has 41 heavy (non-hydrogen) atoms. The number of hydrogen-bond donors (Lipinski definition) is 0. The Balaban J connectivity index is 1.51. The topological polar surface area (TPSA) is 65.6 Å². The molecule has 0 saturated heterocycles. The minimum absolute atomic E-state index is 0.176. The SMILES string of the molecule is CCOC(=O)C1=C(C)N=c2s/c(=C\c3cn(Cc4cccc(Cl)c4)c4ccccc34)c(=O)n2[C@@H]1c1ccc(F)cc1. The van der Waals surface area contributed by atoms with Gasteiger partial charge in [-0.15, -0.1) is 0 Å². The minimum atomic E-state index is -0.794. The first kappa shape index (κ1) is 26.9. The first-order chi connectivity index (χ1) is 19.8. The molecule has 0 bridgehead atoms. The largest absolute Gasteiger partial charge is 0.463 e. The van der Waals surface area contributed by atoms with Crippen molar-refractivity contribution in [2.75, 3.05) is 6.61 Å². The zero-order valence-corrected chi connectivity index (χ0v) is 23.9. The van der Waals surface area contributed by atoms with E-state index < -0.39 is 17.8 Å². The Kier molecular flexibility index (Phi) is 7.19. The van der Waals surface area contributed by atoms with Crippen molar-refractivity contribution in [1.82, 2.24) is 9.13 Å². The molecular formula is C32H25ClFN3O3S. The summed E-state index contributed by atoms with van der Waals surface area (Å²) in [6, 6.07) is 20.8. The van der Waals surface area contributed by atoms with Crippen LogP contribution in [0.25, 0.3) is 17.0 Å². The molecule has 0 aliphatic carbocycles. The number of thiazole rings is 1. The van der Waals surface area contributed by atoms with E-state index in [0.717, 1.165) is 22.0 Å². The molecule has 6 nitrogen and oxygen atoms in total. The van der Waals surface area contributed by atoms with Gasteiger partial charge in [0.05, 0.1) is 28.5 Å². The van der Waals surface area contributed by atoms with Crippen LogP contribution >= 0.6 is 22.9 Å². The highest BCUT2D eigenvalue weighted by atomic mass is 35.5. The zero-order valence-electron chi connectivity index (χ0n) is 22.3. The molecule has 0 unspecified atom stereocenters. The van der Waals surface area contributed by atoms with Crippen LogP contribution in [0.15, 0.2) is 100 Å². The van der Waals surface area contributed by atoms with Crippen LogP contribution in [0.4, 0.5) is 4.39 Å². The molecule has 0 saturated carbocycles. The summed E-state index contributed by atoms with van der Waals surface area (Å²) < 4.78 is 23.3. The second-order valence-corrected chi connectivity index (χ2v) is 11.2. The van der Waals surface area contributed by atoms with Crippen molar-refractivity contribution < 1.29 is 13.9 Å². The fourth-order valence-electron chi connectivity index (χ4n) is 5.25. The number of para-hydroxylation sites is 1. The van der Waals surface area contributed by atoms with Crippen molar-refractivity contribution in [3.05, 3.63) is 137 Å². The number of allylic oxidation sites excluding steroid dienone is 1. The Labute approximate surface area is 243 Å². The third-order valence-corrected chi connectivity index (χ3v) is 8.27. The summed E-state index contributed by atoms with van der Waals surface area (Å²) in [6.07, 6.45) is 3.89. The van der Waals surface area contributed by atoms with Gasteiger partial charge in [-0.2, -0.15) is 0 Å². The molecule has 206 valence electrons. The van der Waals surface area contributed by atoms with E-state index in [-0.39, 0.29) is 17.7 Å². The summed E-state index contributed by atoms with van der Waals surface area (Å²) in [7, 11) is 0. The van der Waals surface area contributed by atoms with Gasteiger partial charge in [-0.3, -0.25) is 9.36 Å². The Morgan fingerprint density at radius 2 is 1.90 bits per heavy atom. The van der Waals surface area contributed by atoms with Crippen LogP contribution in [0.5, 0.6) is 0 Å². The highest BCUT2D eigenvalue weighted by Crippen LogP contribution is 2.31. The monoisotopic (exact) mass is 585 g/mol. The van der Waals surface area contributed by atoms with E-state index in [9.17, 15) is 14.0 Å². The van der Waals surface area contributed by atoms with Crippen molar-refractivity contribution >= 4 is 45.9 Å². The Morgan fingerprint density at radius 1 is 1.12 bits per heavy atom. The first-order valence-corrected chi connectivity index (χ1v) is 14.3. The predicted octanol–water partition coefficient (Wildman–Crippen LogP) is 5.59. The molecule has 1 aliphatic rings. The highest BCUT2D eigenvalue weighted by Gasteiger charge is 2.33. The normalized spacial score (nSPS) is 15.2. The smallest absolute Gasteiger partial charge is 0.338 e. The molecule has 1 aliphatic heterocycles. The van der Waals surface area contributed by atoms with Gasteiger partial charge in [0.25, 0.3) is 5.56 Å². The number of ether oxygens (including phenoxy) is 1. The lowest BCUT2D eigenvalue weighted by molar-refractivity contribution is -0.139. The van der Waals surface area contributed by atoms with Gasteiger partial charge in [-0.05, 0) is 61.4 Å². The standard InChI is InChI=1S/C32H25ClFN3O3S/c1-3-40-31(39)28-19(2)35-32-37(29(28)21-11-13-24(34)14-12-21)30(38)27(41-32)16-22-18-36(26-10-5-4-9-25(22)26)17-20-7-6-8-23(33)15-20/h4-16,18,29H,3,17H2,1-2H3/b27-16-/t29-/m1/s1. The fourth-order valence-corrected chi connectivity index (χ4v) is 6.50. The molecule has 5 aromatic rings. The summed E-state index contributed by atoms with van der Waals surface area (Å²) in [6.45, 7) is 4.24. The average Bonchev–Trinajstić information content (AvgIpc) is 3.45. The van der Waals surface area contributed by atoms with Crippen molar-refractivity contribution in [2.24, 2.45) is 4.99 Å². The molecular weight excluding hydrogens is 561 g/mol. The first-order valence-electron chi connectivity index (χ1n) is 13.1. The maximum atomic E-state index is 14.0. The minimum Gasteiger partial charge on any atom is -0.463 e. The lowest BCUT2D eigenvalue weighted by Gasteiger charge is -2.24. The van der Waals surface area contributed by atoms with Crippen LogP contribution in [0.2, 0.25) is 5.02 Å². The number of aromatic nitrogens is 2. The maximum Gasteiger partial charge on any atom is 0.338 e. The van der Waals surface area contributed by atoms with Crippen LogP contribution < -0.4 is 14.9 Å². The lowest BCUT2D eigenvalue weighted by atomic mass is 9.96. The molecule has 0 N–H and O–H groups in total. The third-order valence-electron chi connectivity index (χ3n) is 7.05. The van der Waals surface area contributed by atoms with Gasteiger partial charge in [-0.25, -0.2) is 14.2 Å². The highest BCUT2D eigenvalue weighted by molar-refractivity contribution is 7.07. The number of esters is 1. The molecule has 0 amide bonds. The lowest BCUT2D eigenvalue weighted by Crippen LogP contribution is -2.39. The van der Waals surface area contributed by atoms with Crippen LogP contribution in [-0.4, -0.2) is 21.7 Å². The number of carbonyl (C=O) groups is 1. The molecule has 0 spiro atoms. The Morgan fingerprint density at radius 3 is 2.66 bits per heavy atom. The summed E-state index contributed by atoms with van der Waals surface area (Å²) in [5.74, 6) is -0.963. The maximum absolute atomic E-state index is 14.0. The molecule has 2 aromatic heterocycles.